The van der Waals surface area contributed by atoms with Crippen LogP contribution in [-0.4, -0.2) is 24.9 Å². The van der Waals surface area contributed by atoms with E-state index in [0.29, 0.717) is 10.8 Å². The maximum absolute atomic E-state index is 5.69. The molecule has 0 amide bonds. The molecule has 0 spiro atoms. The average molecular weight is 355 g/mol. The largest absolute Gasteiger partial charge is 0.390 e. The topological polar surface area (TPSA) is 33.6 Å². The van der Waals surface area contributed by atoms with Gasteiger partial charge in [-0.15, -0.1) is 0 Å². The molecule has 1 N–H and O–H groups in total. The van der Waals surface area contributed by atoms with E-state index >= 15 is 0 Å². The molecule has 0 bridgehead atoms. The standard InChI is InChI=1S/C23H34N2O/c1-15-4-7-20-19-6-5-16-12-17(25-26-18-13-24-14-18)8-10-23(16,3)21(19)9-11-22(15,20)2/h12,18-21,24H,1,4-11,13-14H2,2-3H3/t19?,20?,21?,22-,23+/m1/s1. The minimum absolute atomic E-state index is 0.288. The van der Waals surface area contributed by atoms with Crippen LogP contribution in [0.1, 0.15) is 65.2 Å². The van der Waals surface area contributed by atoms with E-state index in [0.717, 1.165) is 37.3 Å². The van der Waals surface area contributed by atoms with Crippen LogP contribution in [-0.2, 0) is 4.84 Å². The molecular formula is C23H34N2O. The van der Waals surface area contributed by atoms with Crippen LogP contribution in [0.3, 0.4) is 0 Å². The lowest BCUT2D eigenvalue weighted by Gasteiger charge is -2.57. The Morgan fingerprint density at radius 3 is 2.62 bits per heavy atom. The number of hydrogen-bond acceptors (Lipinski definition) is 3. The number of nitrogens with one attached hydrogen (secondary N) is 1. The first kappa shape index (κ1) is 17.0. The summed E-state index contributed by atoms with van der Waals surface area (Å²) in [5.41, 5.74) is 5.22. The molecule has 5 aliphatic rings. The third-order valence-electron chi connectivity index (χ3n) is 8.99. The minimum Gasteiger partial charge on any atom is -0.390 e. The Hall–Kier alpha value is -1.09. The molecule has 0 aromatic heterocycles. The number of rotatable bonds is 2. The Labute approximate surface area is 158 Å². The first-order valence-corrected chi connectivity index (χ1v) is 10.8. The molecular weight excluding hydrogens is 320 g/mol. The van der Waals surface area contributed by atoms with Gasteiger partial charge in [-0.1, -0.05) is 36.7 Å². The Kier molecular flexibility index (Phi) is 3.90. The molecule has 5 atom stereocenters. The van der Waals surface area contributed by atoms with Gasteiger partial charge in [-0.3, -0.25) is 0 Å². The molecule has 142 valence electrons. The van der Waals surface area contributed by atoms with Crippen molar-refractivity contribution in [1.29, 1.82) is 0 Å². The molecule has 4 fully saturated rings. The molecule has 0 aromatic rings. The lowest BCUT2D eigenvalue weighted by Crippen LogP contribution is -2.49. The molecule has 0 aromatic carbocycles. The molecule has 4 aliphatic carbocycles. The molecule has 1 aliphatic heterocycles. The van der Waals surface area contributed by atoms with Crippen LogP contribution in [0.25, 0.3) is 0 Å². The predicted octanol–water partition coefficient (Wildman–Crippen LogP) is 4.85. The van der Waals surface area contributed by atoms with Crippen molar-refractivity contribution in [1.82, 2.24) is 5.32 Å². The summed E-state index contributed by atoms with van der Waals surface area (Å²) in [5.74, 6) is 2.66. The highest BCUT2D eigenvalue weighted by molar-refractivity contribution is 5.96. The fourth-order valence-corrected chi connectivity index (χ4v) is 7.03. The van der Waals surface area contributed by atoms with Crippen molar-refractivity contribution in [3.63, 3.8) is 0 Å². The number of fused-ring (bicyclic) bond motifs is 5. The van der Waals surface area contributed by atoms with Crippen molar-refractivity contribution < 1.29 is 4.84 Å². The van der Waals surface area contributed by atoms with Gasteiger partial charge >= 0.3 is 0 Å². The van der Waals surface area contributed by atoms with E-state index < -0.39 is 0 Å². The molecule has 3 saturated carbocycles. The Morgan fingerprint density at radius 2 is 1.85 bits per heavy atom. The van der Waals surface area contributed by atoms with Crippen LogP contribution in [0.5, 0.6) is 0 Å². The van der Waals surface area contributed by atoms with Gasteiger partial charge in [0.25, 0.3) is 0 Å². The molecule has 3 heteroatoms. The lowest BCUT2D eigenvalue weighted by atomic mass is 9.47. The van der Waals surface area contributed by atoms with Crippen molar-refractivity contribution in [3.05, 3.63) is 23.8 Å². The second-order valence-corrected chi connectivity index (χ2v) is 10.1. The molecule has 3 unspecified atom stereocenters. The fourth-order valence-electron chi connectivity index (χ4n) is 7.03. The maximum Gasteiger partial charge on any atom is 0.152 e. The van der Waals surface area contributed by atoms with E-state index in [4.69, 9.17) is 4.84 Å². The van der Waals surface area contributed by atoms with Crippen LogP contribution in [0.2, 0.25) is 0 Å². The van der Waals surface area contributed by atoms with Crippen molar-refractivity contribution in [3.8, 4) is 0 Å². The molecule has 5 rings (SSSR count). The normalized spacial score (nSPS) is 46.8. The van der Waals surface area contributed by atoms with E-state index in [9.17, 15) is 0 Å². The zero-order valence-electron chi connectivity index (χ0n) is 16.5. The number of allylic oxidation sites excluding steroid dienone is 3. The number of oxime groups is 1. The van der Waals surface area contributed by atoms with Crippen LogP contribution in [0.4, 0.5) is 0 Å². The second-order valence-electron chi connectivity index (χ2n) is 10.1. The van der Waals surface area contributed by atoms with Crippen molar-refractivity contribution >= 4 is 5.71 Å². The summed E-state index contributed by atoms with van der Waals surface area (Å²) in [4.78, 5) is 5.69. The highest BCUT2D eigenvalue weighted by Crippen LogP contribution is 2.66. The molecule has 3 nitrogen and oxygen atoms in total. The molecule has 0 radical (unpaired) electrons. The summed E-state index contributed by atoms with van der Waals surface area (Å²) in [6.45, 7) is 11.4. The third kappa shape index (κ3) is 2.38. The van der Waals surface area contributed by atoms with Gasteiger partial charge < -0.3 is 10.2 Å². The average Bonchev–Trinajstić information content (AvgIpc) is 2.89. The summed E-state index contributed by atoms with van der Waals surface area (Å²) in [7, 11) is 0. The van der Waals surface area contributed by atoms with E-state index in [1.54, 1.807) is 11.1 Å². The Morgan fingerprint density at radius 1 is 1.04 bits per heavy atom. The molecule has 1 heterocycles. The van der Waals surface area contributed by atoms with Gasteiger partial charge in [-0.05, 0) is 86.0 Å². The Bertz CT molecular complexity index is 676. The monoisotopic (exact) mass is 354 g/mol. The van der Waals surface area contributed by atoms with Crippen LogP contribution in [0, 0.1) is 28.6 Å². The van der Waals surface area contributed by atoms with E-state index in [1.807, 2.05) is 0 Å². The smallest absolute Gasteiger partial charge is 0.152 e. The second kappa shape index (κ2) is 5.95. The van der Waals surface area contributed by atoms with Crippen LogP contribution < -0.4 is 5.32 Å². The highest BCUT2D eigenvalue weighted by Gasteiger charge is 2.57. The van der Waals surface area contributed by atoms with Gasteiger partial charge in [0, 0.05) is 13.1 Å². The van der Waals surface area contributed by atoms with E-state index in [-0.39, 0.29) is 6.10 Å². The Balaban J connectivity index is 1.38. The zero-order valence-corrected chi connectivity index (χ0v) is 16.5. The maximum atomic E-state index is 5.69. The zero-order chi connectivity index (χ0) is 17.9. The van der Waals surface area contributed by atoms with Gasteiger partial charge in [-0.25, -0.2) is 0 Å². The first-order valence-electron chi connectivity index (χ1n) is 10.8. The quantitative estimate of drug-likeness (QED) is 0.568. The lowest BCUT2D eigenvalue weighted by molar-refractivity contribution is -0.0230. The minimum atomic E-state index is 0.288. The van der Waals surface area contributed by atoms with Gasteiger partial charge in [0.2, 0.25) is 0 Å². The number of hydrogen-bond donors (Lipinski definition) is 1. The number of nitrogens with zero attached hydrogens (tertiary/aromatic N) is 1. The summed E-state index contributed by atoms with van der Waals surface area (Å²) in [5, 5.41) is 7.73. The van der Waals surface area contributed by atoms with Crippen molar-refractivity contribution in [2.24, 2.45) is 33.7 Å². The van der Waals surface area contributed by atoms with E-state index in [1.165, 1.54) is 50.7 Å². The summed E-state index contributed by atoms with van der Waals surface area (Å²) < 4.78 is 0. The SMILES string of the molecule is C=C1CCC2C3CCC4=CC(=NOC5CNC5)CC[C@]4(C)C3CC[C@]12C. The molecule has 26 heavy (non-hydrogen) atoms. The van der Waals surface area contributed by atoms with Crippen molar-refractivity contribution in [2.45, 2.75) is 71.3 Å². The van der Waals surface area contributed by atoms with Gasteiger partial charge in [0.1, 0.15) is 0 Å². The van der Waals surface area contributed by atoms with Crippen LogP contribution >= 0.6 is 0 Å². The predicted molar refractivity (Wildman–Crippen MR) is 106 cm³/mol. The van der Waals surface area contributed by atoms with Gasteiger partial charge in [0.15, 0.2) is 6.10 Å². The molecule has 1 saturated heterocycles. The van der Waals surface area contributed by atoms with Crippen LogP contribution in [0.15, 0.2) is 29.0 Å². The first-order chi connectivity index (χ1) is 12.5. The van der Waals surface area contributed by atoms with Gasteiger partial charge in [0.05, 0.1) is 5.71 Å². The summed E-state index contributed by atoms with van der Waals surface area (Å²) in [6, 6.07) is 0. The third-order valence-corrected chi connectivity index (χ3v) is 8.99. The van der Waals surface area contributed by atoms with Gasteiger partial charge in [-0.2, -0.15) is 0 Å². The fraction of sp³-hybridized carbons (Fsp3) is 0.783. The van der Waals surface area contributed by atoms with E-state index in [2.05, 4.69) is 37.0 Å². The van der Waals surface area contributed by atoms with Crippen molar-refractivity contribution in [2.75, 3.05) is 13.1 Å². The summed E-state index contributed by atoms with van der Waals surface area (Å²) >= 11 is 0. The highest BCUT2D eigenvalue weighted by atomic mass is 16.6. The summed E-state index contributed by atoms with van der Waals surface area (Å²) in [6.07, 6.45) is 13.1.